The van der Waals surface area contributed by atoms with Crippen LogP contribution in [-0.4, -0.2) is 53.3 Å². The number of rotatable bonds is 6. The van der Waals surface area contributed by atoms with E-state index in [4.69, 9.17) is 42.8 Å². The summed E-state index contributed by atoms with van der Waals surface area (Å²) in [6.07, 6.45) is 0.615. The van der Waals surface area contributed by atoms with E-state index < -0.39 is 36.6 Å². The molecule has 178 valence electrons. The van der Waals surface area contributed by atoms with Gasteiger partial charge in [0.15, 0.2) is 28.6 Å². The lowest BCUT2D eigenvalue weighted by atomic mass is 10.2. The largest absolute Gasteiger partial charge is 0.480 e. The number of hydrogen-bond acceptors (Lipinski definition) is 9. The Labute approximate surface area is 202 Å². The van der Waals surface area contributed by atoms with E-state index in [0.717, 1.165) is 32.0 Å². The fourth-order valence-electron chi connectivity index (χ4n) is 3.52. The van der Waals surface area contributed by atoms with Crippen molar-refractivity contribution in [3.05, 3.63) is 31.7 Å². The molecule has 2 unspecified atom stereocenters. The summed E-state index contributed by atoms with van der Waals surface area (Å²) in [5.41, 5.74) is 0.0135. The second-order valence-corrected chi connectivity index (χ2v) is 9.46. The Morgan fingerprint density at radius 2 is 1.94 bits per heavy atom. The van der Waals surface area contributed by atoms with Gasteiger partial charge in [0.2, 0.25) is 4.80 Å². The van der Waals surface area contributed by atoms with Crippen molar-refractivity contribution >= 4 is 52.8 Å². The highest BCUT2D eigenvalue weighted by atomic mass is 35.5. The molecule has 2 aliphatic rings. The minimum absolute atomic E-state index is 0.0135. The molecule has 0 bridgehead atoms. The highest BCUT2D eigenvalue weighted by molar-refractivity contribution is 7.73. The van der Waals surface area contributed by atoms with Crippen molar-refractivity contribution in [3.63, 3.8) is 0 Å². The minimum atomic E-state index is -0.730. The van der Waals surface area contributed by atoms with E-state index in [1.807, 2.05) is 9.36 Å². The van der Waals surface area contributed by atoms with Crippen LogP contribution >= 0.6 is 35.2 Å². The molecule has 9 nitrogen and oxygen atoms in total. The first-order valence-corrected chi connectivity index (χ1v) is 11.8. The quantitative estimate of drug-likeness (QED) is 0.429. The Bertz CT molecular complexity index is 1190. The van der Waals surface area contributed by atoms with Crippen LogP contribution in [0.1, 0.15) is 19.8 Å². The van der Waals surface area contributed by atoms with Crippen LogP contribution in [0, 0.1) is 9.77 Å². The van der Waals surface area contributed by atoms with Gasteiger partial charge in [0.25, 0.3) is 0 Å². The van der Waals surface area contributed by atoms with Crippen LogP contribution in [0.5, 0.6) is 5.75 Å². The van der Waals surface area contributed by atoms with Crippen molar-refractivity contribution in [1.82, 2.24) is 9.36 Å². The second-order valence-electron chi connectivity index (χ2n) is 7.45. The van der Waals surface area contributed by atoms with Crippen LogP contribution in [0.25, 0.3) is 0 Å². The maximum atomic E-state index is 14.6. The predicted molar refractivity (Wildman–Crippen MR) is 119 cm³/mol. The van der Waals surface area contributed by atoms with Gasteiger partial charge in [0.05, 0.1) is 18.2 Å². The normalized spacial score (nSPS) is 20.4. The lowest BCUT2D eigenvalue weighted by molar-refractivity contribution is -0.163. The molecule has 0 aliphatic carbocycles. The molecule has 0 saturated carbocycles. The van der Waals surface area contributed by atoms with Crippen molar-refractivity contribution in [2.45, 2.75) is 45.1 Å². The average Bonchev–Trinajstić information content (AvgIpc) is 3.32. The molecular formula is C20H21ClFN3O6S2. The van der Waals surface area contributed by atoms with Gasteiger partial charge in [-0.1, -0.05) is 22.9 Å². The molecule has 0 N–H and O–H groups in total. The van der Waals surface area contributed by atoms with Gasteiger partial charge in [0, 0.05) is 26.1 Å². The number of fused-ring (bicyclic) bond motifs is 1. The number of ether oxygens (including phenoxy) is 4. The number of esters is 2. The summed E-state index contributed by atoms with van der Waals surface area (Å²) in [5, 5.41) is -0.0135. The summed E-state index contributed by atoms with van der Waals surface area (Å²) < 4.78 is 40.1. The summed E-state index contributed by atoms with van der Waals surface area (Å²) in [4.78, 5) is 28.4. The number of halogens is 2. The van der Waals surface area contributed by atoms with Crippen molar-refractivity contribution in [3.8, 4) is 5.75 Å². The van der Waals surface area contributed by atoms with Crippen molar-refractivity contribution in [2.24, 2.45) is 4.99 Å². The Morgan fingerprint density at radius 3 is 2.67 bits per heavy atom. The van der Waals surface area contributed by atoms with Crippen molar-refractivity contribution in [2.75, 3.05) is 19.8 Å². The SMILES string of the molecule is CC(=O)OC1COCC1OC(=O)COc1cc(N=c2sc(=S)n3n2CCCC3)c(F)cc1Cl. The molecule has 1 saturated heterocycles. The summed E-state index contributed by atoms with van der Waals surface area (Å²) in [5.74, 6) is -1.76. The maximum Gasteiger partial charge on any atom is 0.344 e. The van der Waals surface area contributed by atoms with Crippen LogP contribution in [0.2, 0.25) is 5.02 Å². The molecule has 0 spiro atoms. The molecule has 2 aromatic rings. The van der Waals surface area contributed by atoms with E-state index in [-0.39, 0.29) is 29.7 Å². The van der Waals surface area contributed by atoms with E-state index in [2.05, 4.69) is 4.99 Å². The first kappa shape index (κ1) is 23.9. The van der Waals surface area contributed by atoms with Crippen LogP contribution in [-0.2, 0) is 36.9 Å². The minimum Gasteiger partial charge on any atom is -0.480 e. The number of carbonyl (C=O) groups excluding carboxylic acids is 2. The zero-order chi connectivity index (χ0) is 23.5. The van der Waals surface area contributed by atoms with Gasteiger partial charge in [-0.25, -0.2) is 14.2 Å². The van der Waals surface area contributed by atoms with Gasteiger partial charge in [-0.3, -0.25) is 14.2 Å². The molecule has 1 aromatic heterocycles. The highest BCUT2D eigenvalue weighted by Crippen LogP contribution is 2.32. The fourth-order valence-corrected chi connectivity index (χ4v) is 5.03. The van der Waals surface area contributed by atoms with Crippen LogP contribution in [0.15, 0.2) is 17.1 Å². The maximum absolute atomic E-state index is 14.6. The Balaban J connectivity index is 1.47. The zero-order valence-electron chi connectivity index (χ0n) is 17.6. The van der Waals surface area contributed by atoms with Crippen LogP contribution < -0.4 is 9.54 Å². The molecule has 0 radical (unpaired) electrons. The molecule has 0 amide bonds. The number of aromatic nitrogens is 2. The van der Waals surface area contributed by atoms with E-state index in [0.29, 0.717) is 8.76 Å². The lowest BCUT2D eigenvalue weighted by Crippen LogP contribution is -2.34. The first-order chi connectivity index (χ1) is 15.8. The molecule has 3 heterocycles. The van der Waals surface area contributed by atoms with Gasteiger partial charge in [-0.2, -0.15) is 0 Å². The fraction of sp³-hybridized carbons (Fsp3) is 0.500. The third-order valence-electron chi connectivity index (χ3n) is 5.03. The number of hydrogen-bond donors (Lipinski definition) is 0. The van der Waals surface area contributed by atoms with E-state index in [1.54, 1.807) is 0 Å². The molecule has 1 aromatic carbocycles. The molecule has 4 rings (SSSR count). The van der Waals surface area contributed by atoms with E-state index >= 15 is 0 Å². The van der Waals surface area contributed by atoms with Crippen LogP contribution in [0.4, 0.5) is 10.1 Å². The van der Waals surface area contributed by atoms with Gasteiger partial charge >= 0.3 is 11.9 Å². The second kappa shape index (κ2) is 10.3. The topological polar surface area (TPSA) is 93.3 Å². The Kier molecular flexibility index (Phi) is 7.47. The molecule has 13 heteroatoms. The Morgan fingerprint density at radius 1 is 1.24 bits per heavy atom. The molecule has 2 atom stereocenters. The molecule has 2 aliphatic heterocycles. The summed E-state index contributed by atoms with van der Waals surface area (Å²) >= 11 is 12.8. The van der Waals surface area contributed by atoms with E-state index in [1.165, 1.54) is 24.3 Å². The number of carbonyl (C=O) groups is 2. The highest BCUT2D eigenvalue weighted by Gasteiger charge is 2.34. The summed E-state index contributed by atoms with van der Waals surface area (Å²) in [6, 6.07) is 2.41. The monoisotopic (exact) mass is 517 g/mol. The smallest absolute Gasteiger partial charge is 0.344 e. The predicted octanol–water partition coefficient (Wildman–Crippen LogP) is 3.15. The van der Waals surface area contributed by atoms with Crippen LogP contribution in [0.3, 0.4) is 0 Å². The third-order valence-corrected chi connectivity index (χ3v) is 6.66. The van der Waals surface area contributed by atoms with Crippen molar-refractivity contribution < 1.29 is 32.9 Å². The van der Waals surface area contributed by atoms with E-state index in [9.17, 15) is 14.0 Å². The standard InChI is InChI=1S/C20H21ClFN3O6S2/c1-11(26)30-16-8-28-9-17(16)31-18(27)10-29-15-7-14(13(22)6-12(15)21)23-19-24-4-2-3-5-25(24)20(32)33-19/h6-7,16-17H,2-5,8-10H2,1H3. The molecule has 33 heavy (non-hydrogen) atoms. The summed E-state index contributed by atoms with van der Waals surface area (Å²) in [6.45, 7) is 2.57. The number of nitrogens with zero attached hydrogens (tertiary/aromatic N) is 3. The molecule has 1 fully saturated rings. The first-order valence-electron chi connectivity index (χ1n) is 10.2. The third kappa shape index (κ3) is 5.62. The number of benzene rings is 1. The molecular weight excluding hydrogens is 497 g/mol. The summed E-state index contributed by atoms with van der Waals surface area (Å²) in [7, 11) is 0. The zero-order valence-corrected chi connectivity index (χ0v) is 20.0. The lowest BCUT2D eigenvalue weighted by Gasteiger charge is -2.18. The average molecular weight is 518 g/mol. The van der Waals surface area contributed by atoms with Gasteiger partial charge < -0.3 is 18.9 Å². The van der Waals surface area contributed by atoms with Crippen molar-refractivity contribution in [1.29, 1.82) is 0 Å². The van der Waals surface area contributed by atoms with Gasteiger partial charge in [0.1, 0.15) is 11.4 Å². The van der Waals surface area contributed by atoms with Gasteiger partial charge in [-0.15, -0.1) is 0 Å². The van der Waals surface area contributed by atoms with Gasteiger partial charge in [-0.05, 0) is 31.1 Å². The Hall–Kier alpha value is -2.28.